The highest BCUT2D eigenvalue weighted by Gasteiger charge is 2.58. The molecular formula is C43H42N2O7. The van der Waals surface area contributed by atoms with E-state index in [2.05, 4.69) is 0 Å². The van der Waals surface area contributed by atoms with E-state index in [1.165, 1.54) is 0 Å². The van der Waals surface area contributed by atoms with Crippen molar-refractivity contribution in [1.82, 2.24) is 4.90 Å². The Morgan fingerprint density at radius 2 is 1.31 bits per heavy atom. The van der Waals surface area contributed by atoms with Crippen LogP contribution in [0.2, 0.25) is 0 Å². The molecule has 0 radical (unpaired) electrons. The molecule has 0 aliphatic carbocycles. The predicted molar refractivity (Wildman–Crippen MR) is 197 cm³/mol. The molecule has 0 bridgehead atoms. The Balaban J connectivity index is 1.26. The summed E-state index contributed by atoms with van der Waals surface area (Å²) >= 11 is 0. The second kappa shape index (κ2) is 14.9. The third-order valence-electron chi connectivity index (χ3n) is 9.78. The number of methoxy groups -OCH3 is 1. The van der Waals surface area contributed by atoms with E-state index in [0.717, 1.165) is 16.7 Å². The molecule has 5 aromatic rings. The number of anilines is 1. The maximum Gasteiger partial charge on any atom is 0.282 e. The average molecular weight is 699 g/mol. The van der Waals surface area contributed by atoms with Crippen LogP contribution in [0.5, 0.6) is 17.2 Å². The normalized spacial score (nSPS) is 22.8. The van der Waals surface area contributed by atoms with E-state index in [9.17, 15) is 9.59 Å². The van der Waals surface area contributed by atoms with Crippen LogP contribution in [-0.2, 0) is 32.3 Å². The average Bonchev–Trinajstić information content (AvgIpc) is 3.19. The maximum atomic E-state index is 14.3. The van der Waals surface area contributed by atoms with E-state index in [-0.39, 0.29) is 24.5 Å². The van der Waals surface area contributed by atoms with Gasteiger partial charge in [0.25, 0.3) is 11.8 Å². The number of morpholine rings is 1. The fraction of sp³-hybridized carbons (Fsp3) is 0.256. The Morgan fingerprint density at radius 1 is 0.731 bits per heavy atom. The minimum absolute atomic E-state index is 0.267. The molecule has 0 N–H and O–H groups in total. The Morgan fingerprint density at radius 3 is 1.92 bits per heavy atom. The number of hydrogen-bond donors (Lipinski definition) is 0. The third kappa shape index (κ3) is 6.97. The number of hydrogen-bond acceptors (Lipinski definition) is 7. The van der Waals surface area contributed by atoms with Crippen molar-refractivity contribution in [2.45, 2.75) is 57.1 Å². The quantitative estimate of drug-likeness (QED) is 0.124. The largest absolute Gasteiger partial charge is 0.497 e. The van der Waals surface area contributed by atoms with E-state index in [0.29, 0.717) is 35.1 Å². The number of carbonyl (C=O) groups excluding carboxylic acids is 2. The van der Waals surface area contributed by atoms with Crippen LogP contribution >= 0.6 is 0 Å². The minimum Gasteiger partial charge on any atom is -0.497 e. The van der Waals surface area contributed by atoms with Crippen LogP contribution in [0.4, 0.5) is 5.69 Å². The van der Waals surface area contributed by atoms with Crippen molar-refractivity contribution in [3.05, 3.63) is 156 Å². The molecule has 0 spiro atoms. The zero-order valence-electron chi connectivity index (χ0n) is 29.7. The van der Waals surface area contributed by atoms with Gasteiger partial charge in [-0.2, -0.15) is 0 Å². The summed E-state index contributed by atoms with van der Waals surface area (Å²) in [5.41, 5.74) is 4.25. The molecule has 52 heavy (non-hydrogen) atoms. The number of β-lactam (4-membered cyclic amide) rings is 1. The summed E-state index contributed by atoms with van der Waals surface area (Å²) in [6.07, 6.45) is -1.56. The first-order valence-corrected chi connectivity index (χ1v) is 17.4. The van der Waals surface area contributed by atoms with Gasteiger partial charge in [-0.1, -0.05) is 91.0 Å². The molecule has 2 saturated heterocycles. The van der Waals surface area contributed by atoms with Crippen LogP contribution in [0.25, 0.3) is 0 Å². The molecule has 7 rings (SSSR count). The van der Waals surface area contributed by atoms with Gasteiger partial charge in [0.2, 0.25) is 5.79 Å². The van der Waals surface area contributed by atoms with Crippen LogP contribution in [0.1, 0.15) is 48.2 Å². The SMILES string of the molecule is COc1ccc(N2C(=O)[C@@H](O[C@@]3(C)O[C@H](c4ccccc4)[C@H](C)N(C)C3=O)[C@H]2c2ccc(OCc3ccccc3)cc2OCc2ccccc2)cc1. The van der Waals surface area contributed by atoms with Crippen molar-refractivity contribution in [1.29, 1.82) is 0 Å². The summed E-state index contributed by atoms with van der Waals surface area (Å²) in [6.45, 7) is 4.19. The lowest BCUT2D eigenvalue weighted by Crippen LogP contribution is -2.67. The van der Waals surface area contributed by atoms with Crippen molar-refractivity contribution >= 4 is 17.5 Å². The van der Waals surface area contributed by atoms with Gasteiger partial charge >= 0.3 is 0 Å². The summed E-state index contributed by atoms with van der Waals surface area (Å²) in [5, 5.41) is 0. The predicted octanol–water partition coefficient (Wildman–Crippen LogP) is 7.66. The van der Waals surface area contributed by atoms with Gasteiger partial charge in [0.15, 0.2) is 6.10 Å². The van der Waals surface area contributed by atoms with Gasteiger partial charge in [-0.05, 0) is 66.9 Å². The van der Waals surface area contributed by atoms with E-state index < -0.39 is 24.0 Å². The third-order valence-corrected chi connectivity index (χ3v) is 9.78. The number of ether oxygens (including phenoxy) is 5. The Kier molecular flexibility index (Phi) is 9.98. The minimum atomic E-state index is -1.75. The summed E-state index contributed by atoms with van der Waals surface area (Å²) in [4.78, 5) is 31.5. The molecule has 2 aliphatic rings. The highest BCUT2D eigenvalue weighted by Crippen LogP contribution is 2.48. The Bertz CT molecular complexity index is 1990. The molecule has 9 heteroatoms. The van der Waals surface area contributed by atoms with E-state index in [4.69, 9.17) is 23.7 Å². The number of carbonyl (C=O) groups is 2. The molecule has 2 amide bonds. The van der Waals surface area contributed by atoms with Gasteiger partial charge in [-0.3, -0.25) is 14.5 Å². The standard InChI is InChI=1S/C43H42N2O7/c1-29-39(32-18-12-7-13-19-32)51-43(2,42(47)44(29)3)52-40-38(45(41(40)46)33-20-22-34(48-4)23-21-33)36-25-24-35(49-27-30-14-8-5-9-15-30)26-37(36)50-28-31-16-10-6-11-17-31/h5-26,29,38-40H,27-28H2,1-4H3/t29-,38+,39-,40-,43+/m0/s1. The van der Waals surface area contributed by atoms with Gasteiger partial charge in [-0.25, -0.2) is 0 Å². The van der Waals surface area contributed by atoms with Gasteiger partial charge in [0.05, 0.1) is 13.2 Å². The molecule has 5 aromatic carbocycles. The smallest absolute Gasteiger partial charge is 0.282 e. The lowest BCUT2D eigenvalue weighted by molar-refractivity contribution is -0.290. The number of amides is 2. The van der Waals surface area contributed by atoms with Gasteiger partial charge in [0, 0.05) is 24.4 Å². The van der Waals surface area contributed by atoms with Crippen molar-refractivity contribution in [3.8, 4) is 17.2 Å². The Labute approximate surface area is 304 Å². The zero-order valence-corrected chi connectivity index (χ0v) is 29.7. The maximum absolute atomic E-state index is 14.3. The highest BCUT2D eigenvalue weighted by atomic mass is 16.7. The fourth-order valence-corrected chi connectivity index (χ4v) is 6.77. The number of nitrogens with zero attached hydrogens (tertiary/aromatic N) is 2. The molecule has 2 aliphatic heterocycles. The van der Waals surface area contributed by atoms with Crippen molar-refractivity contribution in [2.24, 2.45) is 0 Å². The molecule has 2 heterocycles. The number of likely N-dealkylation sites (N-methyl/N-ethyl adjacent to an activating group) is 1. The van der Waals surface area contributed by atoms with Gasteiger partial charge in [-0.15, -0.1) is 0 Å². The molecule has 0 aromatic heterocycles. The van der Waals surface area contributed by atoms with Crippen LogP contribution < -0.4 is 19.1 Å². The summed E-state index contributed by atoms with van der Waals surface area (Å²) in [6, 6.07) is 41.4. The van der Waals surface area contributed by atoms with Gasteiger partial charge < -0.3 is 28.6 Å². The molecule has 266 valence electrons. The fourth-order valence-electron chi connectivity index (χ4n) is 6.77. The monoisotopic (exact) mass is 698 g/mol. The molecule has 0 unspecified atom stereocenters. The van der Waals surface area contributed by atoms with E-state index in [1.54, 1.807) is 43.0 Å². The summed E-state index contributed by atoms with van der Waals surface area (Å²) in [5.74, 6) is -0.654. The van der Waals surface area contributed by atoms with Crippen LogP contribution in [0.15, 0.2) is 133 Å². The van der Waals surface area contributed by atoms with E-state index >= 15 is 0 Å². The summed E-state index contributed by atoms with van der Waals surface area (Å²) in [7, 11) is 3.33. The molecular weight excluding hydrogens is 656 g/mol. The Hall–Kier alpha value is -5.64. The number of rotatable bonds is 12. The first kappa shape index (κ1) is 34.8. The molecule has 2 fully saturated rings. The highest BCUT2D eigenvalue weighted by molar-refractivity contribution is 6.05. The zero-order chi connectivity index (χ0) is 36.2. The summed E-state index contributed by atoms with van der Waals surface area (Å²) < 4.78 is 31.3. The van der Waals surface area contributed by atoms with Crippen LogP contribution in [0, 0.1) is 0 Å². The first-order valence-electron chi connectivity index (χ1n) is 17.4. The second-order valence-electron chi connectivity index (χ2n) is 13.2. The first-order chi connectivity index (χ1) is 25.3. The topological polar surface area (TPSA) is 86.8 Å². The molecule has 0 saturated carbocycles. The van der Waals surface area contributed by atoms with Crippen molar-refractivity contribution < 1.29 is 33.3 Å². The van der Waals surface area contributed by atoms with Gasteiger partial charge in [0.1, 0.15) is 42.6 Å². The van der Waals surface area contributed by atoms with Crippen LogP contribution in [0.3, 0.4) is 0 Å². The lowest BCUT2D eigenvalue weighted by atomic mass is 9.88. The second-order valence-corrected chi connectivity index (χ2v) is 13.2. The van der Waals surface area contributed by atoms with Crippen molar-refractivity contribution in [2.75, 3.05) is 19.1 Å². The van der Waals surface area contributed by atoms with Crippen LogP contribution in [-0.4, -0.2) is 48.8 Å². The lowest BCUT2D eigenvalue weighted by Gasteiger charge is -2.52. The van der Waals surface area contributed by atoms with E-state index in [1.807, 2.05) is 128 Å². The molecule has 9 nitrogen and oxygen atoms in total. The van der Waals surface area contributed by atoms with Crippen molar-refractivity contribution in [3.63, 3.8) is 0 Å². The molecule has 5 atom stereocenters. The number of benzene rings is 5.